The monoisotopic (exact) mass is 278 g/mol. The Morgan fingerprint density at radius 2 is 2.10 bits per heavy atom. The lowest BCUT2D eigenvalue weighted by Crippen LogP contribution is -2.51. The fraction of sp³-hybridized carbons (Fsp3) is 0.625. The van der Waals surface area contributed by atoms with Gasteiger partial charge in [0.1, 0.15) is 0 Å². The lowest BCUT2D eigenvalue weighted by Gasteiger charge is -2.39. The second-order valence-electron chi connectivity index (χ2n) is 5.85. The highest BCUT2D eigenvalue weighted by atomic mass is 16.5. The summed E-state index contributed by atoms with van der Waals surface area (Å²) in [4.78, 5) is 2.37. The molecule has 4 nitrogen and oxygen atoms in total. The average Bonchev–Trinajstić information content (AvgIpc) is 2.49. The number of hydrogen-bond acceptors (Lipinski definition) is 4. The van der Waals surface area contributed by atoms with Crippen LogP contribution in [0, 0.1) is 5.92 Å². The molecule has 0 aliphatic carbocycles. The topological polar surface area (TPSA) is 58.7 Å². The smallest absolute Gasteiger partial charge is 0.0933 e. The molecule has 3 N–H and O–H groups in total. The van der Waals surface area contributed by atoms with Crippen LogP contribution in [0.2, 0.25) is 0 Å². The molecule has 0 aromatic heterocycles. The number of aliphatic hydroxyl groups excluding tert-OH is 1. The molecule has 1 aliphatic rings. The second kappa shape index (κ2) is 7.18. The van der Waals surface area contributed by atoms with E-state index >= 15 is 0 Å². The van der Waals surface area contributed by atoms with Crippen molar-refractivity contribution in [3.8, 4) is 0 Å². The van der Waals surface area contributed by atoms with Gasteiger partial charge in [-0.2, -0.15) is 0 Å². The third-order valence-corrected chi connectivity index (χ3v) is 4.16. The molecule has 1 fully saturated rings. The highest BCUT2D eigenvalue weighted by Crippen LogP contribution is 2.22. The van der Waals surface area contributed by atoms with Gasteiger partial charge in [0, 0.05) is 25.2 Å². The van der Waals surface area contributed by atoms with Crippen molar-refractivity contribution in [2.45, 2.75) is 32.0 Å². The maximum atomic E-state index is 9.24. The molecule has 0 saturated carbocycles. The first-order chi connectivity index (χ1) is 9.61. The maximum absolute atomic E-state index is 9.24. The number of nitrogens with zero attached hydrogens (tertiary/aromatic N) is 1. The van der Waals surface area contributed by atoms with Crippen LogP contribution < -0.4 is 5.73 Å². The second-order valence-corrected chi connectivity index (χ2v) is 5.85. The summed E-state index contributed by atoms with van der Waals surface area (Å²) >= 11 is 0. The van der Waals surface area contributed by atoms with Crippen molar-refractivity contribution >= 4 is 0 Å². The van der Waals surface area contributed by atoms with Gasteiger partial charge in [-0.1, -0.05) is 37.3 Å². The normalized spacial score (nSPS) is 27.2. The fourth-order valence-electron chi connectivity index (χ4n) is 2.73. The zero-order chi connectivity index (χ0) is 14.5. The van der Waals surface area contributed by atoms with Gasteiger partial charge in [0.2, 0.25) is 0 Å². The minimum absolute atomic E-state index is 0.0406. The molecule has 4 unspecified atom stereocenters. The molecule has 20 heavy (non-hydrogen) atoms. The van der Waals surface area contributed by atoms with Crippen molar-refractivity contribution < 1.29 is 9.84 Å². The number of morpholine rings is 1. The van der Waals surface area contributed by atoms with Crippen LogP contribution in [0.4, 0.5) is 0 Å². The van der Waals surface area contributed by atoms with Gasteiger partial charge in [0.05, 0.1) is 19.3 Å². The van der Waals surface area contributed by atoms with Crippen molar-refractivity contribution in [3.05, 3.63) is 35.9 Å². The van der Waals surface area contributed by atoms with Crippen LogP contribution in [-0.2, 0) is 4.74 Å². The van der Waals surface area contributed by atoms with E-state index in [0.717, 1.165) is 13.1 Å². The van der Waals surface area contributed by atoms with Crippen LogP contribution in [0.25, 0.3) is 0 Å². The van der Waals surface area contributed by atoms with Crippen LogP contribution in [0.5, 0.6) is 0 Å². The van der Waals surface area contributed by atoms with Crippen molar-refractivity contribution in [2.75, 3.05) is 26.3 Å². The number of rotatable bonds is 5. The highest BCUT2D eigenvalue weighted by Gasteiger charge is 2.28. The third-order valence-electron chi connectivity index (χ3n) is 4.16. The molecule has 2 rings (SSSR count). The number of benzene rings is 1. The highest BCUT2D eigenvalue weighted by molar-refractivity contribution is 5.19. The van der Waals surface area contributed by atoms with Crippen molar-refractivity contribution in [1.82, 2.24) is 4.90 Å². The van der Waals surface area contributed by atoms with E-state index in [1.165, 1.54) is 5.56 Å². The van der Waals surface area contributed by atoms with E-state index in [0.29, 0.717) is 18.6 Å². The summed E-state index contributed by atoms with van der Waals surface area (Å²) in [5.74, 6) is 0.359. The summed E-state index contributed by atoms with van der Waals surface area (Å²) in [6, 6.07) is 10.7. The SMILES string of the molecule is CC(CN1CC(CO)OCC1C)C(N)c1ccccc1. The van der Waals surface area contributed by atoms with E-state index in [1.54, 1.807) is 0 Å². The van der Waals surface area contributed by atoms with E-state index in [-0.39, 0.29) is 18.8 Å². The molecular weight excluding hydrogens is 252 g/mol. The lowest BCUT2D eigenvalue weighted by atomic mass is 9.94. The van der Waals surface area contributed by atoms with Crippen LogP contribution in [0.15, 0.2) is 30.3 Å². The molecule has 4 atom stereocenters. The fourth-order valence-corrected chi connectivity index (χ4v) is 2.73. The third kappa shape index (κ3) is 3.79. The summed E-state index contributed by atoms with van der Waals surface area (Å²) in [6.07, 6.45) is -0.0636. The average molecular weight is 278 g/mol. The maximum Gasteiger partial charge on any atom is 0.0933 e. The van der Waals surface area contributed by atoms with Crippen LogP contribution in [0.3, 0.4) is 0 Å². The van der Waals surface area contributed by atoms with Crippen LogP contribution in [0.1, 0.15) is 25.5 Å². The Bertz CT molecular complexity index is 399. The van der Waals surface area contributed by atoms with E-state index in [2.05, 4.69) is 30.9 Å². The van der Waals surface area contributed by atoms with E-state index in [4.69, 9.17) is 10.5 Å². The predicted octanol–water partition coefficient (Wildman–Crippen LogP) is 1.40. The zero-order valence-electron chi connectivity index (χ0n) is 12.4. The molecule has 0 radical (unpaired) electrons. The Hall–Kier alpha value is -0.940. The number of ether oxygens (including phenoxy) is 1. The van der Waals surface area contributed by atoms with Crippen molar-refractivity contribution in [1.29, 1.82) is 0 Å². The Balaban J connectivity index is 1.94. The molecule has 4 heteroatoms. The first-order valence-electron chi connectivity index (χ1n) is 7.38. The van der Waals surface area contributed by atoms with Gasteiger partial charge < -0.3 is 15.6 Å². The molecule has 0 spiro atoms. The Morgan fingerprint density at radius 1 is 1.40 bits per heavy atom. The first kappa shape index (κ1) is 15.4. The minimum Gasteiger partial charge on any atom is -0.394 e. The van der Waals surface area contributed by atoms with Gasteiger partial charge in [-0.05, 0) is 18.4 Å². The first-order valence-corrected chi connectivity index (χ1v) is 7.38. The largest absolute Gasteiger partial charge is 0.394 e. The van der Waals surface area contributed by atoms with E-state index in [9.17, 15) is 5.11 Å². The summed E-state index contributed by atoms with van der Waals surface area (Å²) in [6.45, 7) is 6.82. The van der Waals surface area contributed by atoms with E-state index < -0.39 is 0 Å². The summed E-state index contributed by atoms with van der Waals surface area (Å²) < 4.78 is 5.57. The zero-order valence-corrected chi connectivity index (χ0v) is 12.4. The standard InChI is InChI=1S/C16H26N2O2/c1-12(16(17)14-6-4-3-5-7-14)8-18-9-15(10-19)20-11-13(18)2/h3-7,12-13,15-16,19H,8-11,17H2,1-2H3. The Kier molecular flexibility index (Phi) is 5.54. The van der Waals surface area contributed by atoms with E-state index in [1.807, 2.05) is 18.2 Å². The van der Waals surface area contributed by atoms with Gasteiger partial charge >= 0.3 is 0 Å². The summed E-state index contributed by atoms with van der Waals surface area (Å²) in [7, 11) is 0. The molecule has 1 aromatic carbocycles. The van der Waals surface area contributed by atoms with Crippen LogP contribution >= 0.6 is 0 Å². The molecule has 1 aromatic rings. The van der Waals surface area contributed by atoms with Gasteiger partial charge in [0.15, 0.2) is 0 Å². The van der Waals surface area contributed by atoms with Gasteiger partial charge in [-0.25, -0.2) is 0 Å². The molecule has 1 aliphatic heterocycles. The van der Waals surface area contributed by atoms with Gasteiger partial charge in [-0.3, -0.25) is 4.90 Å². The molecule has 0 amide bonds. The lowest BCUT2D eigenvalue weighted by molar-refractivity contribution is -0.0816. The number of nitrogens with two attached hydrogens (primary N) is 1. The molecule has 1 saturated heterocycles. The predicted molar refractivity (Wildman–Crippen MR) is 80.4 cm³/mol. The van der Waals surface area contributed by atoms with Gasteiger partial charge in [0.25, 0.3) is 0 Å². The number of aliphatic hydroxyl groups is 1. The quantitative estimate of drug-likeness (QED) is 0.855. The summed E-state index contributed by atoms with van der Waals surface area (Å²) in [5, 5.41) is 9.24. The molecule has 112 valence electrons. The Morgan fingerprint density at radius 3 is 2.75 bits per heavy atom. The molecule has 1 heterocycles. The van der Waals surface area contributed by atoms with Crippen molar-refractivity contribution in [2.24, 2.45) is 11.7 Å². The molecular formula is C16H26N2O2. The van der Waals surface area contributed by atoms with Crippen molar-refractivity contribution in [3.63, 3.8) is 0 Å². The summed E-state index contributed by atoms with van der Waals surface area (Å²) in [5.41, 5.74) is 7.54. The van der Waals surface area contributed by atoms with Gasteiger partial charge in [-0.15, -0.1) is 0 Å². The molecule has 0 bridgehead atoms. The Labute approximate surface area is 121 Å². The van der Waals surface area contributed by atoms with Crippen LogP contribution in [-0.4, -0.2) is 48.5 Å². The minimum atomic E-state index is -0.0636. The number of hydrogen-bond donors (Lipinski definition) is 2.